The van der Waals surface area contributed by atoms with E-state index in [1.807, 2.05) is 67.6 Å². The molecule has 3 rings (SSSR count). The van der Waals surface area contributed by atoms with Gasteiger partial charge in [0.2, 0.25) is 0 Å². The third-order valence-electron chi connectivity index (χ3n) is 5.66. The zero-order valence-electron chi connectivity index (χ0n) is 21.1. The molecule has 2 aromatic carbocycles. The van der Waals surface area contributed by atoms with Crippen LogP contribution in [-0.2, 0) is 4.74 Å². The van der Waals surface area contributed by atoms with Gasteiger partial charge in [0, 0.05) is 5.56 Å². The van der Waals surface area contributed by atoms with Crippen molar-refractivity contribution >= 4 is 18.1 Å². The van der Waals surface area contributed by atoms with Gasteiger partial charge in [-0.1, -0.05) is 81.7 Å². The second-order valence-electron chi connectivity index (χ2n) is 8.73. The summed E-state index contributed by atoms with van der Waals surface area (Å²) >= 11 is 0. The minimum Gasteiger partial charge on any atom is -0.490 e. The standard InChI is InChI=1S/C30H36N2O3/c1-4-6-7-8-9-23(3)35-30(33)27-18-14-25(15-19-27)11-10-24-12-16-26(17-13-24)29-31-21-28(22-32-29)34-20-5-2/h10-19,21-23H,4-9,20H2,1-3H3/b11-10+. The highest BCUT2D eigenvalue weighted by atomic mass is 16.5. The predicted molar refractivity (Wildman–Crippen MR) is 142 cm³/mol. The van der Waals surface area contributed by atoms with E-state index in [9.17, 15) is 4.79 Å². The molecule has 1 heterocycles. The predicted octanol–water partition coefficient (Wildman–Crippen LogP) is 7.62. The van der Waals surface area contributed by atoms with Crippen LogP contribution in [0.3, 0.4) is 0 Å². The van der Waals surface area contributed by atoms with Crippen molar-refractivity contribution < 1.29 is 14.3 Å². The van der Waals surface area contributed by atoms with E-state index in [-0.39, 0.29) is 12.1 Å². The van der Waals surface area contributed by atoms with Gasteiger partial charge in [0.05, 0.1) is 30.7 Å². The summed E-state index contributed by atoms with van der Waals surface area (Å²) in [6.45, 7) is 6.89. The zero-order chi connectivity index (χ0) is 24.9. The first kappa shape index (κ1) is 26.1. The fourth-order valence-electron chi connectivity index (χ4n) is 3.59. The molecule has 35 heavy (non-hydrogen) atoms. The quantitative estimate of drug-likeness (QED) is 0.145. The zero-order valence-corrected chi connectivity index (χ0v) is 21.1. The average Bonchev–Trinajstić information content (AvgIpc) is 2.89. The van der Waals surface area contributed by atoms with E-state index < -0.39 is 0 Å². The molecule has 1 aromatic heterocycles. The van der Waals surface area contributed by atoms with Crippen molar-refractivity contribution in [2.75, 3.05) is 6.61 Å². The Bertz CT molecular complexity index is 1060. The van der Waals surface area contributed by atoms with Gasteiger partial charge in [-0.25, -0.2) is 14.8 Å². The maximum Gasteiger partial charge on any atom is 0.338 e. The number of hydrogen-bond donors (Lipinski definition) is 0. The number of nitrogens with zero attached hydrogens (tertiary/aromatic N) is 2. The fraction of sp³-hybridized carbons (Fsp3) is 0.367. The Morgan fingerprint density at radius 2 is 1.49 bits per heavy atom. The lowest BCUT2D eigenvalue weighted by Crippen LogP contribution is -2.15. The molecule has 3 aromatic rings. The highest BCUT2D eigenvalue weighted by Gasteiger charge is 2.11. The minimum atomic E-state index is -0.258. The summed E-state index contributed by atoms with van der Waals surface area (Å²) in [5.74, 6) is 1.10. The molecule has 0 aliphatic carbocycles. The number of esters is 1. The van der Waals surface area contributed by atoms with Crippen LogP contribution in [0.4, 0.5) is 0 Å². The smallest absolute Gasteiger partial charge is 0.338 e. The number of unbranched alkanes of at least 4 members (excludes halogenated alkanes) is 3. The van der Waals surface area contributed by atoms with Crippen molar-refractivity contribution in [2.24, 2.45) is 0 Å². The summed E-state index contributed by atoms with van der Waals surface area (Å²) in [5.41, 5.74) is 3.62. The minimum absolute atomic E-state index is 0.0559. The second-order valence-corrected chi connectivity index (χ2v) is 8.73. The van der Waals surface area contributed by atoms with Gasteiger partial charge in [0.15, 0.2) is 11.6 Å². The molecule has 0 aliphatic heterocycles. The molecule has 0 amide bonds. The van der Waals surface area contributed by atoms with Crippen LogP contribution >= 0.6 is 0 Å². The van der Waals surface area contributed by atoms with E-state index >= 15 is 0 Å². The van der Waals surface area contributed by atoms with E-state index in [2.05, 4.69) is 23.8 Å². The van der Waals surface area contributed by atoms with Gasteiger partial charge in [-0.3, -0.25) is 0 Å². The Hall–Kier alpha value is -3.47. The number of carbonyl (C=O) groups is 1. The first-order valence-electron chi connectivity index (χ1n) is 12.6. The molecule has 0 saturated heterocycles. The maximum atomic E-state index is 12.4. The topological polar surface area (TPSA) is 61.3 Å². The molecule has 0 aliphatic rings. The van der Waals surface area contributed by atoms with Gasteiger partial charge in [-0.15, -0.1) is 0 Å². The van der Waals surface area contributed by atoms with Gasteiger partial charge in [-0.05, 0) is 49.4 Å². The molecule has 5 heteroatoms. The van der Waals surface area contributed by atoms with Crippen LogP contribution in [-0.4, -0.2) is 28.6 Å². The van der Waals surface area contributed by atoms with E-state index in [0.29, 0.717) is 23.7 Å². The largest absolute Gasteiger partial charge is 0.490 e. The van der Waals surface area contributed by atoms with Crippen LogP contribution in [0.1, 0.15) is 80.8 Å². The van der Waals surface area contributed by atoms with Crippen molar-refractivity contribution in [3.05, 3.63) is 77.6 Å². The van der Waals surface area contributed by atoms with Crippen LogP contribution in [0, 0.1) is 0 Å². The van der Waals surface area contributed by atoms with Crippen molar-refractivity contribution in [1.29, 1.82) is 0 Å². The Labute approximate surface area is 209 Å². The highest BCUT2D eigenvalue weighted by molar-refractivity contribution is 5.90. The Morgan fingerprint density at radius 3 is 2.09 bits per heavy atom. The molecular formula is C30H36N2O3. The van der Waals surface area contributed by atoms with Crippen molar-refractivity contribution in [3.8, 4) is 17.1 Å². The summed E-state index contributed by atoms with van der Waals surface area (Å²) in [6, 6.07) is 15.6. The molecule has 0 spiro atoms. The normalized spacial score (nSPS) is 12.0. The Morgan fingerprint density at radius 1 is 0.857 bits per heavy atom. The van der Waals surface area contributed by atoms with Crippen LogP contribution in [0.25, 0.3) is 23.5 Å². The van der Waals surface area contributed by atoms with E-state index in [1.165, 1.54) is 19.3 Å². The SMILES string of the molecule is CCCCCCC(C)OC(=O)c1ccc(/C=C/c2ccc(-c3ncc(OCCC)cn3)cc2)cc1. The first-order chi connectivity index (χ1) is 17.1. The second kappa shape index (κ2) is 14.1. The van der Waals surface area contributed by atoms with Crippen LogP contribution in [0.15, 0.2) is 60.9 Å². The first-order valence-corrected chi connectivity index (χ1v) is 12.6. The molecule has 0 radical (unpaired) electrons. The van der Waals surface area contributed by atoms with Gasteiger partial charge in [-0.2, -0.15) is 0 Å². The number of benzene rings is 2. The van der Waals surface area contributed by atoms with Gasteiger partial charge >= 0.3 is 5.97 Å². The number of rotatable bonds is 13. The van der Waals surface area contributed by atoms with Gasteiger partial charge in [0.1, 0.15) is 0 Å². The molecule has 0 saturated carbocycles. The molecule has 0 fully saturated rings. The molecule has 0 bridgehead atoms. The molecule has 1 unspecified atom stereocenters. The third kappa shape index (κ3) is 8.67. The summed E-state index contributed by atoms with van der Waals surface area (Å²) in [5, 5.41) is 0. The van der Waals surface area contributed by atoms with Gasteiger partial charge in [0.25, 0.3) is 0 Å². The van der Waals surface area contributed by atoms with E-state index in [4.69, 9.17) is 9.47 Å². The number of aromatic nitrogens is 2. The molecule has 0 N–H and O–H groups in total. The van der Waals surface area contributed by atoms with Crippen LogP contribution in [0.2, 0.25) is 0 Å². The Balaban J connectivity index is 1.52. The molecular weight excluding hydrogens is 436 g/mol. The van der Waals surface area contributed by atoms with Gasteiger partial charge < -0.3 is 9.47 Å². The monoisotopic (exact) mass is 472 g/mol. The Kier molecular flexibility index (Phi) is 10.5. The lowest BCUT2D eigenvalue weighted by atomic mass is 10.1. The number of hydrogen-bond acceptors (Lipinski definition) is 5. The molecule has 1 atom stereocenters. The lowest BCUT2D eigenvalue weighted by molar-refractivity contribution is 0.0319. The van der Waals surface area contributed by atoms with E-state index in [0.717, 1.165) is 36.0 Å². The number of ether oxygens (including phenoxy) is 2. The van der Waals surface area contributed by atoms with Crippen molar-refractivity contribution in [2.45, 2.75) is 65.4 Å². The summed E-state index contributed by atoms with van der Waals surface area (Å²) in [7, 11) is 0. The fourth-order valence-corrected chi connectivity index (χ4v) is 3.59. The average molecular weight is 473 g/mol. The van der Waals surface area contributed by atoms with Crippen molar-refractivity contribution in [3.63, 3.8) is 0 Å². The highest BCUT2D eigenvalue weighted by Crippen LogP contribution is 2.19. The lowest BCUT2D eigenvalue weighted by Gasteiger charge is -2.13. The van der Waals surface area contributed by atoms with Crippen LogP contribution in [0.5, 0.6) is 5.75 Å². The molecule has 5 nitrogen and oxygen atoms in total. The van der Waals surface area contributed by atoms with Crippen LogP contribution < -0.4 is 4.74 Å². The number of carbonyl (C=O) groups excluding carboxylic acids is 1. The maximum absolute atomic E-state index is 12.4. The summed E-state index contributed by atoms with van der Waals surface area (Å²) in [6.07, 6.45) is 14.0. The molecule has 184 valence electrons. The van der Waals surface area contributed by atoms with Crippen molar-refractivity contribution in [1.82, 2.24) is 9.97 Å². The summed E-state index contributed by atoms with van der Waals surface area (Å²) < 4.78 is 11.1. The van der Waals surface area contributed by atoms with E-state index in [1.54, 1.807) is 12.4 Å². The summed E-state index contributed by atoms with van der Waals surface area (Å²) in [4.78, 5) is 21.2. The third-order valence-corrected chi connectivity index (χ3v) is 5.66.